The molecule has 0 aromatic carbocycles. The van der Waals surface area contributed by atoms with Crippen LogP contribution in [0.5, 0.6) is 0 Å². The van der Waals surface area contributed by atoms with Gasteiger partial charge in [-0.2, -0.15) is 0 Å². The molecule has 0 rings (SSSR count). The monoisotopic (exact) mass is 2300 g/mol. The third kappa shape index (κ3) is 1630000. The fraction of sp³-hybridized carbons (Fsp3) is 0. The van der Waals surface area contributed by atoms with E-state index in [9.17, 15) is 0 Å². The SMILES string of the molecule is [O-2].[O-2].[O-2].[O-2].[O-2].[O-2].[O-2].[O-2].[O-2].[O-2].[O-2].[O-2].[O-2].[O-2].[O-2].[O-2].[O-2].[O-2].[O-2].[O-2].[O-2].[O-2].[O-2].[O-2].[O-2].[O-2].[O-2].[O-2].[O-2].[O-2].[O-2].[O-2].[O-2].[O-2].[O-2].[O-2].[O-2].[O-2].[O-2].[O-2].[O-2].[O-2].[O-2].[O-2].[O-2].[O-2].[O-2].[O-2].[O-2].[O-2].[O-2].[O-2].[O-2].[O-2].[O-2].[O-2].[O-2].[O-2].[O-2].[O-2].[O-2].[O-2].[O-2].[O-2].[O-2].[O-2].[O-2].[O-2].[O-2].[O-2].[O-2].[O-2].[O-2].[O-2].[O-2].[O-2].[O-2].[O-2].[O-2].[O-2].[O-2].[O-2].[O-2].[O-2].[O-2].[O-2].[O-2].[O-2].[O-2].[O-2].[O-2].[O-2].[O-2].[O-2].[O-2].[O-2].[O-2].[O-2].[O-2].[O-2].[O-2].[O-2].[O-2].[O-2].[O-2].[O-2].[O-2].[O-2].[O-2].[O-2].[O-2].[O-2].[O-2].[O-2].[O-2].[O-2].[O-2].[O-2].[O-2].[O-2].[Zn+2].[Zn+2].[Zn+2].[Zn+2].[Zn+2].[Zn+2]. The summed E-state index contributed by atoms with van der Waals surface area (Å²) in [6.45, 7) is 0. The van der Waals surface area contributed by atoms with E-state index in [1.54, 1.807) is 0 Å². The first-order valence-electron chi connectivity index (χ1n) is 0. The van der Waals surface area contributed by atoms with Crippen LogP contribution in [0.3, 0.4) is 0 Å². The number of hydrogen-bond acceptors (Lipinski definition) is 0. The van der Waals surface area contributed by atoms with E-state index in [1.165, 1.54) is 0 Å². The molecular weight excluding hydrogens is 2310 g/mol. The van der Waals surface area contributed by atoms with E-state index in [4.69, 9.17) is 0 Å². The maximum Gasteiger partial charge on any atom is 2.00 e. The van der Waals surface area contributed by atoms with Gasteiger partial charge in [-0.25, -0.2) is 0 Å². The summed E-state index contributed by atoms with van der Waals surface area (Å²) in [6.07, 6.45) is 0. The van der Waals surface area contributed by atoms with Crippen molar-refractivity contribution in [2.24, 2.45) is 0 Å². The van der Waals surface area contributed by atoms with Gasteiger partial charge in [0.15, 0.2) is 0 Å². The fourth-order valence-electron chi connectivity index (χ4n) is 0. The van der Waals surface area contributed by atoms with Gasteiger partial charge >= 0.3 is 117 Å². The molecule has 126 heteroatoms. The summed E-state index contributed by atoms with van der Waals surface area (Å²) < 4.78 is 0. The molecule has 0 aliphatic carbocycles. The van der Waals surface area contributed by atoms with Crippen LogP contribution in [0.1, 0.15) is 0 Å². The van der Waals surface area contributed by atoms with Gasteiger partial charge in [-0.3, -0.25) is 0 Å². The molecule has 0 unspecified atom stereocenters. The smallest absolute Gasteiger partial charge is 2.00 e. The molecule has 126 heavy (non-hydrogen) atoms. The van der Waals surface area contributed by atoms with Crippen LogP contribution in [0, 0.1) is 0 Å². The van der Waals surface area contributed by atoms with E-state index in [1.807, 2.05) is 0 Å². The molecule has 0 aliphatic rings. The van der Waals surface area contributed by atoms with Gasteiger partial charge in [0, 0.05) is 0 Å². The number of hydrogen-bond donors (Lipinski definition) is 0. The Hall–Kier alpha value is -1.06. The second-order valence-electron chi connectivity index (χ2n) is 0. The van der Waals surface area contributed by atoms with Crippen LogP contribution in [0.4, 0.5) is 0 Å². The molecule has 0 saturated heterocycles. The first kappa shape index (κ1) is 1710000. The average Bonchev–Trinajstić information content (AvgIpc) is 0. The summed E-state index contributed by atoms with van der Waals surface area (Å²) in [4.78, 5) is 0. The van der Waals surface area contributed by atoms with Crippen LogP contribution < -0.4 is 0 Å². The van der Waals surface area contributed by atoms with Crippen LogP contribution in [0.15, 0.2) is 0 Å². The molecule has 0 fully saturated rings. The Morgan fingerprint density at radius 2 is 0.0159 bits per heavy atom. The number of rotatable bonds is 0. The summed E-state index contributed by atoms with van der Waals surface area (Å²) >= 11 is 0. The second kappa shape index (κ2) is 1670000. The molecule has 0 spiro atoms. The Morgan fingerprint density at radius 3 is 0.0159 bits per heavy atom. The Labute approximate surface area is 772 Å². The summed E-state index contributed by atoms with van der Waals surface area (Å²) in [5.74, 6) is 0. The minimum atomic E-state index is 0. The molecule has 0 radical (unpaired) electrons. The molecule has 0 amide bonds. The van der Waals surface area contributed by atoms with Gasteiger partial charge in [0.25, 0.3) is 0 Å². The standard InChI is InChI=1S/120O.6Zn/q120*-2;6*+2. The zero-order valence-corrected chi connectivity index (χ0v) is 71.0. The largest absolute Gasteiger partial charge is 2.00 e. The van der Waals surface area contributed by atoms with Gasteiger partial charge < -0.3 is 657 Å². The van der Waals surface area contributed by atoms with E-state index in [0.717, 1.165) is 0 Å². The van der Waals surface area contributed by atoms with Gasteiger partial charge in [-0.05, 0) is 0 Å². The fourth-order valence-corrected chi connectivity index (χ4v) is 0. The third-order valence-electron chi connectivity index (χ3n) is 0. The molecule has 0 saturated carbocycles. The second-order valence-corrected chi connectivity index (χ2v) is 0. The molecule has 0 N–H and O–H groups in total. The van der Waals surface area contributed by atoms with Crippen LogP contribution in [0.25, 0.3) is 0 Å². The van der Waals surface area contributed by atoms with Crippen LogP contribution in [-0.2, 0) is 774 Å². The van der Waals surface area contributed by atoms with Crippen molar-refractivity contribution >= 4 is 0 Å². The quantitative estimate of drug-likeness (QED) is 0.204. The Balaban J connectivity index is 0. The van der Waals surface area contributed by atoms with Gasteiger partial charge in [0.2, 0.25) is 0 Å². The molecule has 0 aromatic rings. The van der Waals surface area contributed by atoms with E-state index in [0.29, 0.717) is 0 Å². The topological polar surface area (TPSA) is 3420 Å². The molecule has 120 nitrogen and oxygen atoms in total. The molecule has 960 valence electrons. The first-order chi connectivity index (χ1) is 0. The molecule has 0 heterocycles. The predicted molar refractivity (Wildman–Crippen MR) is 82.4 cm³/mol. The van der Waals surface area contributed by atoms with Crippen molar-refractivity contribution in [3.05, 3.63) is 0 Å². The average molecular weight is 2310 g/mol. The maximum atomic E-state index is 0. The molecule has 0 aromatic heterocycles. The van der Waals surface area contributed by atoms with E-state index >= 15 is 0 Å². The van der Waals surface area contributed by atoms with Gasteiger partial charge in [0.05, 0.1) is 0 Å². The van der Waals surface area contributed by atoms with Gasteiger partial charge in [0.1, 0.15) is 0 Å². The van der Waals surface area contributed by atoms with Crippen molar-refractivity contribution in [1.82, 2.24) is 0 Å². The van der Waals surface area contributed by atoms with Crippen molar-refractivity contribution in [3.8, 4) is 0 Å². The van der Waals surface area contributed by atoms with Gasteiger partial charge in [-0.15, -0.1) is 0 Å². The van der Waals surface area contributed by atoms with Crippen LogP contribution >= 0.6 is 0 Å². The van der Waals surface area contributed by atoms with Crippen LogP contribution in [0.2, 0.25) is 0 Å². The van der Waals surface area contributed by atoms with Crippen molar-refractivity contribution < 1.29 is 774 Å². The summed E-state index contributed by atoms with van der Waals surface area (Å²) in [6, 6.07) is 0. The molecular formula is O120Zn6-228. The maximum absolute atomic E-state index is 0. The Bertz CT molecular complexity index is 34.8. The first-order valence-corrected chi connectivity index (χ1v) is 0. The minimum absolute atomic E-state index is 0. The van der Waals surface area contributed by atoms with E-state index in [-0.39, 0.29) is 774 Å². The molecule has 0 bridgehead atoms. The van der Waals surface area contributed by atoms with Crippen molar-refractivity contribution in [1.29, 1.82) is 0 Å². The zero-order chi connectivity index (χ0) is 0. The molecule has 0 atom stereocenters. The third-order valence-corrected chi connectivity index (χ3v) is 0. The molecule has 0 aliphatic heterocycles. The van der Waals surface area contributed by atoms with Gasteiger partial charge in [-0.1, -0.05) is 0 Å². The van der Waals surface area contributed by atoms with E-state index in [2.05, 4.69) is 0 Å². The van der Waals surface area contributed by atoms with Crippen LogP contribution in [-0.4, -0.2) is 0 Å². The Kier molecular flexibility index (Phi) is 22600000000. The summed E-state index contributed by atoms with van der Waals surface area (Å²) in [7, 11) is 0. The predicted octanol–water partition coefficient (Wildman–Crippen LogP) is -14.3. The Morgan fingerprint density at radius 1 is 0.0159 bits per heavy atom. The van der Waals surface area contributed by atoms with Crippen molar-refractivity contribution in [3.63, 3.8) is 0 Å². The van der Waals surface area contributed by atoms with Crippen molar-refractivity contribution in [2.45, 2.75) is 0 Å². The summed E-state index contributed by atoms with van der Waals surface area (Å²) in [5.41, 5.74) is 0. The van der Waals surface area contributed by atoms with E-state index < -0.39 is 0 Å². The van der Waals surface area contributed by atoms with Crippen molar-refractivity contribution in [2.75, 3.05) is 0 Å². The zero-order valence-electron chi connectivity index (χ0n) is 53.2. The summed E-state index contributed by atoms with van der Waals surface area (Å²) in [5, 5.41) is 0. The normalized spacial score (nSPS) is 0. The minimum Gasteiger partial charge on any atom is -2.00 e.